The molecule has 0 amide bonds. The lowest BCUT2D eigenvalue weighted by atomic mass is 10.9. The van der Waals surface area contributed by atoms with Crippen LogP contribution in [0.1, 0.15) is 0 Å². The van der Waals surface area contributed by atoms with Gasteiger partial charge in [0.05, 0.1) is 4.58 Å². The molecule has 0 saturated heterocycles. The molecule has 2 atom stereocenters. The van der Waals surface area contributed by atoms with Gasteiger partial charge in [-0.3, -0.25) is 0 Å². The van der Waals surface area contributed by atoms with Crippen molar-refractivity contribution in [3.63, 3.8) is 0 Å². The molecule has 0 nitrogen and oxygen atoms in total. The van der Waals surface area contributed by atoms with E-state index in [9.17, 15) is 4.39 Å². The molecule has 2 unspecified atom stereocenters. The number of hydrogen-bond acceptors (Lipinski definition) is 2. The first-order valence-corrected chi connectivity index (χ1v) is 5.62. The van der Waals surface area contributed by atoms with E-state index >= 15 is 0 Å². The average Bonchev–Trinajstić information content (AvgIpc) is 1.80. The largest absolute Gasteiger partial charge is 0.229 e. The molecule has 0 rings (SSSR count). The van der Waals surface area contributed by atoms with Gasteiger partial charge in [-0.25, -0.2) is 4.39 Å². The summed E-state index contributed by atoms with van der Waals surface area (Å²) in [4.78, 5) is 0. The van der Waals surface area contributed by atoms with Crippen molar-refractivity contribution >= 4 is 70.8 Å². The standard InChI is InChI=1S/C4H5Cl4FS2/c5-2(9)1-11-3(10)4(6,7)8/h2-3,10H,1H2. The molecule has 68 valence electrons. The second-order valence-electron chi connectivity index (χ2n) is 1.62. The molecule has 7 heteroatoms. The van der Waals surface area contributed by atoms with E-state index in [1.54, 1.807) is 0 Å². The van der Waals surface area contributed by atoms with Crippen molar-refractivity contribution < 1.29 is 4.39 Å². The fourth-order valence-electron chi connectivity index (χ4n) is 0.258. The minimum absolute atomic E-state index is 0.0592. The van der Waals surface area contributed by atoms with Crippen molar-refractivity contribution in [2.24, 2.45) is 0 Å². The molecule has 0 aromatic rings. The molecule has 0 radical (unpaired) electrons. The summed E-state index contributed by atoms with van der Waals surface area (Å²) in [5, 5.41) is 0. The normalized spacial score (nSPS) is 18.0. The summed E-state index contributed by atoms with van der Waals surface area (Å²) >= 11 is 26.3. The summed E-state index contributed by atoms with van der Waals surface area (Å²) in [7, 11) is 0. The molecule has 0 heterocycles. The third-order valence-electron chi connectivity index (χ3n) is 0.660. The highest BCUT2D eigenvalue weighted by atomic mass is 35.6. The zero-order valence-corrected chi connectivity index (χ0v) is 9.84. The predicted molar refractivity (Wildman–Crippen MR) is 56.3 cm³/mol. The van der Waals surface area contributed by atoms with Crippen molar-refractivity contribution in [1.82, 2.24) is 0 Å². The van der Waals surface area contributed by atoms with Gasteiger partial charge in [0.15, 0.2) is 5.63 Å². The number of hydrogen-bond donors (Lipinski definition) is 1. The van der Waals surface area contributed by atoms with Crippen molar-refractivity contribution in [2.75, 3.05) is 5.75 Å². The summed E-state index contributed by atoms with van der Waals surface area (Å²) in [6.07, 6.45) is 0. The van der Waals surface area contributed by atoms with Crippen LogP contribution in [0.4, 0.5) is 4.39 Å². The van der Waals surface area contributed by atoms with E-state index in [4.69, 9.17) is 46.4 Å². The average molecular weight is 278 g/mol. The Kier molecular flexibility index (Phi) is 6.40. The molecule has 0 bridgehead atoms. The van der Waals surface area contributed by atoms with Crippen LogP contribution in [0.15, 0.2) is 0 Å². The predicted octanol–water partition coefficient (Wildman–Crippen LogP) is 3.88. The Hall–Kier alpha value is 1.79. The summed E-state index contributed by atoms with van der Waals surface area (Å²) in [5.41, 5.74) is -1.43. The molecule has 0 aliphatic carbocycles. The van der Waals surface area contributed by atoms with E-state index in [0.29, 0.717) is 0 Å². The Morgan fingerprint density at radius 2 is 1.91 bits per heavy atom. The monoisotopic (exact) mass is 276 g/mol. The number of halogens is 5. The molecule has 0 fully saturated rings. The highest BCUT2D eigenvalue weighted by molar-refractivity contribution is 8.10. The maximum absolute atomic E-state index is 12.0. The topological polar surface area (TPSA) is 0 Å². The van der Waals surface area contributed by atoms with Gasteiger partial charge in [-0.05, 0) is 0 Å². The van der Waals surface area contributed by atoms with Crippen LogP contribution >= 0.6 is 70.8 Å². The summed E-state index contributed by atoms with van der Waals surface area (Å²) in [6, 6.07) is 0. The second-order valence-corrected chi connectivity index (χ2v) is 6.46. The molecule has 0 aliphatic heterocycles. The van der Waals surface area contributed by atoms with Gasteiger partial charge < -0.3 is 0 Å². The van der Waals surface area contributed by atoms with Crippen molar-refractivity contribution in [3.8, 4) is 0 Å². The molecule has 0 spiro atoms. The molecule has 11 heavy (non-hydrogen) atoms. The number of thiol groups is 1. The maximum atomic E-state index is 12.0. The third kappa shape index (κ3) is 6.91. The molecule has 0 N–H and O–H groups in total. The highest BCUT2D eigenvalue weighted by Gasteiger charge is 2.30. The van der Waals surface area contributed by atoms with Gasteiger partial charge >= 0.3 is 0 Å². The van der Waals surface area contributed by atoms with Gasteiger partial charge in [0.1, 0.15) is 0 Å². The van der Waals surface area contributed by atoms with E-state index in [0.717, 1.165) is 11.8 Å². The summed E-state index contributed by atoms with van der Waals surface area (Å²) in [5.74, 6) is 0.0592. The fourth-order valence-corrected chi connectivity index (χ4v) is 1.82. The highest BCUT2D eigenvalue weighted by Crippen LogP contribution is 2.40. The van der Waals surface area contributed by atoms with Gasteiger partial charge in [-0.1, -0.05) is 46.4 Å². The van der Waals surface area contributed by atoms with E-state index in [1.807, 2.05) is 0 Å². The smallest absolute Gasteiger partial charge is 0.211 e. The molecule has 0 saturated carbocycles. The number of rotatable bonds is 3. The van der Waals surface area contributed by atoms with Gasteiger partial charge in [-0.15, -0.1) is 11.8 Å². The van der Waals surface area contributed by atoms with Crippen LogP contribution in [0.5, 0.6) is 0 Å². The van der Waals surface area contributed by atoms with Crippen LogP contribution in [0.3, 0.4) is 0 Å². The molecule has 0 aromatic heterocycles. The van der Waals surface area contributed by atoms with E-state index < -0.39 is 14.0 Å². The first-order chi connectivity index (χ1) is 4.84. The zero-order valence-electron chi connectivity index (χ0n) is 5.11. The lowest BCUT2D eigenvalue weighted by Crippen LogP contribution is -2.17. The van der Waals surface area contributed by atoms with Crippen molar-refractivity contribution in [2.45, 2.75) is 14.0 Å². The van der Waals surface area contributed by atoms with Crippen LogP contribution in [0.2, 0.25) is 0 Å². The lowest BCUT2D eigenvalue weighted by molar-refractivity contribution is 0.481. The number of thioether (sulfide) groups is 1. The summed E-state index contributed by atoms with van der Waals surface area (Å²) < 4.78 is 9.98. The van der Waals surface area contributed by atoms with Gasteiger partial charge in [0.2, 0.25) is 3.79 Å². The van der Waals surface area contributed by atoms with E-state index in [1.165, 1.54) is 0 Å². The SMILES string of the molecule is FC(Cl)CSC(S)C(Cl)(Cl)Cl. The molecular weight excluding hydrogens is 273 g/mol. The Morgan fingerprint density at radius 1 is 1.45 bits per heavy atom. The minimum Gasteiger partial charge on any atom is -0.229 e. The fraction of sp³-hybridized carbons (Fsp3) is 1.00. The first kappa shape index (κ1) is 12.8. The van der Waals surface area contributed by atoms with E-state index in [2.05, 4.69) is 12.6 Å². The quantitative estimate of drug-likeness (QED) is 0.464. The number of alkyl halides is 5. The van der Waals surface area contributed by atoms with Gasteiger partial charge in [-0.2, -0.15) is 12.6 Å². The van der Waals surface area contributed by atoms with Gasteiger partial charge in [0.25, 0.3) is 0 Å². The third-order valence-corrected chi connectivity index (χ3v) is 4.49. The Labute approximate surface area is 94.5 Å². The Balaban J connectivity index is 3.61. The zero-order chi connectivity index (χ0) is 9.07. The van der Waals surface area contributed by atoms with Crippen LogP contribution in [0.25, 0.3) is 0 Å². The van der Waals surface area contributed by atoms with Crippen LogP contribution in [0, 0.1) is 0 Å². The van der Waals surface area contributed by atoms with Crippen LogP contribution < -0.4 is 0 Å². The first-order valence-electron chi connectivity index (χ1n) is 2.48. The maximum Gasteiger partial charge on any atom is 0.211 e. The molecule has 0 aromatic carbocycles. The Bertz CT molecular complexity index is 115. The van der Waals surface area contributed by atoms with Crippen LogP contribution in [-0.4, -0.2) is 19.8 Å². The van der Waals surface area contributed by atoms with Crippen LogP contribution in [-0.2, 0) is 0 Å². The lowest BCUT2D eigenvalue weighted by Gasteiger charge is -2.18. The molecule has 0 aliphatic rings. The van der Waals surface area contributed by atoms with E-state index in [-0.39, 0.29) is 5.75 Å². The second kappa shape index (κ2) is 5.51. The Morgan fingerprint density at radius 3 is 2.18 bits per heavy atom. The van der Waals surface area contributed by atoms with Crippen molar-refractivity contribution in [3.05, 3.63) is 0 Å². The minimum atomic E-state index is -1.49. The molecular formula is C4H5Cl4FS2. The van der Waals surface area contributed by atoms with Gasteiger partial charge in [0, 0.05) is 5.75 Å². The summed E-state index contributed by atoms with van der Waals surface area (Å²) in [6.45, 7) is 0. The van der Waals surface area contributed by atoms with Crippen molar-refractivity contribution in [1.29, 1.82) is 0 Å².